The minimum atomic E-state index is -0.615. The standard InChI is InChI=1S/C16H12ClFO2/c17-12-7-2-8-13(18)14(12)15(19)11-6-1-4-10-5-3-9-20-16(10)11/h1-2,4,6-8H,3,5,9H2. The molecule has 1 aliphatic rings. The van der Waals surface area contributed by atoms with Crippen LogP contribution < -0.4 is 4.74 Å². The lowest BCUT2D eigenvalue weighted by atomic mass is 9.96. The molecule has 0 radical (unpaired) electrons. The number of carbonyl (C=O) groups is 1. The Morgan fingerprint density at radius 3 is 2.80 bits per heavy atom. The zero-order chi connectivity index (χ0) is 14.1. The number of hydrogen-bond acceptors (Lipinski definition) is 2. The van der Waals surface area contributed by atoms with Crippen LogP contribution >= 0.6 is 11.6 Å². The molecule has 0 unspecified atom stereocenters. The molecule has 0 spiro atoms. The average molecular weight is 291 g/mol. The number of benzene rings is 2. The van der Waals surface area contributed by atoms with Crippen molar-refractivity contribution in [3.8, 4) is 5.75 Å². The number of carbonyl (C=O) groups excluding carboxylic acids is 1. The Labute approximate surface area is 121 Å². The molecule has 2 nitrogen and oxygen atoms in total. The van der Waals surface area contributed by atoms with Crippen molar-refractivity contribution in [2.24, 2.45) is 0 Å². The molecule has 1 heterocycles. The van der Waals surface area contributed by atoms with Gasteiger partial charge in [-0.25, -0.2) is 4.39 Å². The van der Waals surface area contributed by atoms with E-state index in [1.54, 1.807) is 12.1 Å². The van der Waals surface area contributed by atoms with Gasteiger partial charge in [0.2, 0.25) is 5.78 Å². The number of fused-ring (bicyclic) bond motifs is 1. The monoisotopic (exact) mass is 290 g/mol. The van der Waals surface area contributed by atoms with Crippen molar-refractivity contribution < 1.29 is 13.9 Å². The molecule has 0 aromatic heterocycles. The van der Waals surface area contributed by atoms with Gasteiger partial charge in [0.15, 0.2) is 0 Å². The highest BCUT2D eigenvalue weighted by atomic mass is 35.5. The summed E-state index contributed by atoms with van der Waals surface area (Å²) in [6.45, 7) is 0.572. The molecular weight excluding hydrogens is 279 g/mol. The third-order valence-electron chi connectivity index (χ3n) is 3.37. The molecule has 0 amide bonds. The maximum atomic E-state index is 13.9. The third-order valence-corrected chi connectivity index (χ3v) is 3.68. The quantitative estimate of drug-likeness (QED) is 0.781. The summed E-state index contributed by atoms with van der Waals surface area (Å²) < 4.78 is 19.5. The van der Waals surface area contributed by atoms with Crippen LogP contribution in [0.25, 0.3) is 0 Å². The fraction of sp³-hybridized carbons (Fsp3) is 0.188. The Kier molecular flexibility index (Phi) is 3.45. The number of halogens is 2. The molecule has 0 saturated heterocycles. The highest BCUT2D eigenvalue weighted by Gasteiger charge is 2.23. The fourth-order valence-corrected chi connectivity index (χ4v) is 2.67. The summed E-state index contributed by atoms with van der Waals surface area (Å²) in [5.41, 5.74) is 1.25. The van der Waals surface area contributed by atoms with Crippen molar-refractivity contribution in [2.75, 3.05) is 6.61 Å². The smallest absolute Gasteiger partial charge is 0.201 e. The van der Waals surface area contributed by atoms with Crippen LogP contribution in [-0.2, 0) is 6.42 Å². The highest BCUT2D eigenvalue weighted by Crippen LogP contribution is 2.32. The summed E-state index contributed by atoms with van der Waals surface area (Å²) in [6.07, 6.45) is 1.78. The molecule has 2 aromatic carbocycles. The van der Waals surface area contributed by atoms with Crippen molar-refractivity contribution in [3.05, 3.63) is 63.9 Å². The first kappa shape index (κ1) is 13.1. The lowest BCUT2D eigenvalue weighted by Gasteiger charge is -2.20. The van der Waals surface area contributed by atoms with Crippen LogP contribution in [0.2, 0.25) is 5.02 Å². The molecule has 102 valence electrons. The minimum Gasteiger partial charge on any atom is -0.493 e. The lowest BCUT2D eigenvalue weighted by Crippen LogP contribution is -2.14. The van der Waals surface area contributed by atoms with E-state index in [0.29, 0.717) is 17.9 Å². The zero-order valence-corrected chi connectivity index (χ0v) is 11.4. The molecule has 0 N–H and O–H groups in total. The SMILES string of the molecule is O=C(c1cccc2c1OCCC2)c1c(F)cccc1Cl. The van der Waals surface area contributed by atoms with Gasteiger partial charge in [-0.2, -0.15) is 0 Å². The van der Waals surface area contributed by atoms with E-state index in [4.69, 9.17) is 16.3 Å². The summed E-state index contributed by atoms with van der Waals surface area (Å²) in [4.78, 5) is 12.6. The second-order valence-electron chi connectivity index (χ2n) is 4.67. The second-order valence-corrected chi connectivity index (χ2v) is 5.08. The summed E-state index contributed by atoms with van der Waals surface area (Å²) in [5, 5.41) is 0.114. The van der Waals surface area contributed by atoms with Crippen LogP contribution in [0.1, 0.15) is 27.9 Å². The van der Waals surface area contributed by atoms with Gasteiger partial charge in [-0.3, -0.25) is 4.79 Å². The van der Waals surface area contributed by atoms with E-state index in [1.807, 2.05) is 6.07 Å². The van der Waals surface area contributed by atoms with Crippen molar-refractivity contribution in [1.29, 1.82) is 0 Å². The van der Waals surface area contributed by atoms with Gasteiger partial charge in [0.25, 0.3) is 0 Å². The maximum absolute atomic E-state index is 13.9. The van der Waals surface area contributed by atoms with Gasteiger partial charge in [0, 0.05) is 0 Å². The van der Waals surface area contributed by atoms with E-state index in [1.165, 1.54) is 18.2 Å². The molecule has 4 heteroatoms. The number of ketones is 1. The van der Waals surface area contributed by atoms with Gasteiger partial charge in [-0.15, -0.1) is 0 Å². The molecular formula is C16H12ClFO2. The molecule has 20 heavy (non-hydrogen) atoms. The first-order chi connectivity index (χ1) is 9.68. The van der Waals surface area contributed by atoms with Crippen molar-refractivity contribution in [3.63, 3.8) is 0 Å². The van der Waals surface area contributed by atoms with E-state index in [2.05, 4.69) is 0 Å². The number of rotatable bonds is 2. The molecule has 2 aromatic rings. The van der Waals surface area contributed by atoms with Crippen LogP contribution in [-0.4, -0.2) is 12.4 Å². The largest absolute Gasteiger partial charge is 0.493 e. The average Bonchev–Trinajstić information content (AvgIpc) is 2.46. The second kappa shape index (κ2) is 5.25. The Bertz CT molecular complexity index is 662. The van der Waals surface area contributed by atoms with Crippen molar-refractivity contribution in [1.82, 2.24) is 0 Å². The van der Waals surface area contributed by atoms with Crippen LogP contribution in [0.15, 0.2) is 36.4 Å². The highest BCUT2D eigenvalue weighted by molar-refractivity contribution is 6.35. The molecule has 0 bridgehead atoms. The Balaban J connectivity index is 2.12. The zero-order valence-electron chi connectivity index (χ0n) is 10.7. The summed E-state index contributed by atoms with van der Waals surface area (Å²) >= 11 is 5.96. The predicted molar refractivity (Wildman–Crippen MR) is 75.1 cm³/mol. The van der Waals surface area contributed by atoms with Gasteiger partial charge in [-0.05, 0) is 36.6 Å². The van der Waals surface area contributed by atoms with Crippen molar-refractivity contribution >= 4 is 17.4 Å². The summed E-state index contributed by atoms with van der Waals surface area (Å²) in [6, 6.07) is 9.58. The molecule has 0 saturated carbocycles. The van der Waals surface area contributed by atoms with Gasteiger partial charge >= 0.3 is 0 Å². The van der Waals surface area contributed by atoms with Gasteiger partial charge in [0.05, 0.1) is 22.8 Å². The van der Waals surface area contributed by atoms with Crippen LogP contribution in [0.5, 0.6) is 5.75 Å². The van der Waals surface area contributed by atoms with Crippen LogP contribution in [0.4, 0.5) is 4.39 Å². The van der Waals surface area contributed by atoms with E-state index >= 15 is 0 Å². The van der Waals surface area contributed by atoms with E-state index in [9.17, 15) is 9.18 Å². The Morgan fingerprint density at radius 1 is 1.20 bits per heavy atom. The third kappa shape index (κ3) is 2.18. The van der Waals surface area contributed by atoms with Gasteiger partial charge < -0.3 is 4.74 Å². The van der Waals surface area contributed by atoms with E-state index < -0.39 is 11.6 Å². The first-order valence-electron chi connectivity index (χ1n) is 6.42. The predicted octanol–water partition coefficient (Wildman–Crippen LogP) is 4.04. The van der Waals surface area contributed by atoms with Crippen LogP contribution in [0, 0.1) is 5.82 Å². The number of hydrogen-bond donors (Lipinski definition) is 0. The molecule has 1 aliphatic heterocycles. The number of ether oxygens (including phenoxy) is 1. The lowest BCUT2D eigenvalue weighted by molar-refractivity contribution is 0.103. The summed E-state index contributed by atoms with van der Waals surface area (Å²) in [7, 11) is 0. The molecule has 0 aliphatic carbocycles. The molecule has 3 rings (SSSR count). The van der Waals surface area contributed by atoms with E-state index in [0.717, 1.165) is 18.4 Å². The number of para-hydroxylation sites is 1. The fourth-order valence-electron chi connectivity index (χ4n) is 2.42. The summed E-state index contributed by atoms with van der Waals surface area (Å²) in [5.74, 6) is -0.495. The minimum absolute atomic E-state index is 0.100. The number of aryl methyl sites for hydroxylation is 1. The van der Waals surface area contributed by atoms with Crippen molar-refractivity contribution in [2.45, 2.75) is 12.8 Å². The van der Waals surface area contributed by atoms with Crippen LogP contribution in [0.3, 0.4) is 0 Å². The van der Waals surface area contributed by atoms with Gasteiger partial charge in [0.1, 0.15) is 11.6 Å². The van der Waals surface area contributed by atoms with E-state index in [-0.39, 0.29) is 10.6 Å². The normalized spacial score (nSPS) is 13.5. The Hall–Kier alpha value is -1.87. The first-order valence-corrected chi connectivity index (χ1v) is 6.79. The maximum Gasteiger partial charge on any atom is 0.201 e. The topological polar surface area (TPSA) is 26.3 Å². The van der Waals surface area contributed by atoms with Gasteiger partial charge in [-0.1, -0.05) is 29.8 Å². The molecule has 0 atom stereocenters. The molecule has 0 fully saturated rings. The Morgan fingerprint density at radius 2 is 2.00 bits per heavy atom.